The Balaban J connectivity index is 1.81. The number of Topliss-reactive ketones (excluding diaryl/α,β-unsaturated/α-hetero) is 1. The Labute approximate surface area is 135 Å². The lowest BCUT2D eigenvalue weighted by Gasteiger charge is -2.20. The van der Waals surface area contributed by atoms with Gasteiger partial charge in [0.1, 0.15) is 6.10 Å². The number of epoxide rings is 1. The Morgan fingerprint density at radius 1 is 1.18 bits per heavy atom. The summed E-state index contributed by atoms with van der Waals surface area (Å²) >= 11 is 3.39. The van der Waals surface area contributed by atoms with E-state index in [4.69, 9.17) is 4.74 Å². The van der Waals surface area contributed by atoms with Crippen molar-refractivity contribution in [2.45, 2.75) is 18.8 Å². The minimum absolute atomic E-state index is 0.147. The largest absolute Gasteiger partial charge is 0.332 e. The molecular weight excluding hydrogens is 346 g/mol. The molecular formula is C17H12BrNO3. The van der Waals surface area contributed by atoms with Crippen molar-refractivity contribution in [1.29, 1.82) is 0 Å². The first-order chi connectivity index (χ1) is 10.6. The van der Waals surface area contributed by atoms with Crippen LogP contribution in [0.15, 0.2) is 53.0 Å². The number of halogens is 1. The Morgan fingerprint density at radius 3 is 2.55 bits per heavy atom. The van der Waals surface area contributed by atoms with Crippen LogP contribution in [0, 0.1) is 0 Å². The van der Waals surface area contributed by atoms with Crippen LogP contribution < -0.4 is 4.90 Å². The first kappa shape index (κ1) is 13.7. The molecule has 110 valence electrons. The van der Waals surface area contributed by atoms with Crippen molar-refractivity contribution in [2.24, 2.45) is 0 Å². The monoisotopic (exact) mass is 357 g/mol. The molecule has 1 fully saturated rings. The summed E-state index contributed by atoms with van der Waals surface area (Å²) in [5, 5.41) is 0. The number of benzene rings is 2. The molecule has 5 heteroatoms. The summed E-state index contributed by atoms with van der Waals surface area (Å²) in [7, 11) is 0. The number of amides is 1. The molecule has 2 aliphatic rings. The van der Waals surface area contributed by atoms with Crippen LogP contribution in [0.2, 0.25) is 0 Å². The fourth-order valence-corrected chi connectivity index (χ4v) is 3.42. The van der Waals surface area contributed by atoms with Gasteiger partial charge in [-0.25, -0.2) is 0 Å². The van der Waals surface area contributed by atoms with Gasteiger partial charge in [-0.3, -0.25) is 14.5 Å². The molecule has 1 spiro atoms. The number of carbonyl (C=O) groups is 2. The van der Waals surface area contributed by atoms with Crippen LogP contribution in [-0.2, 0) is 9.53 Å². The average molecular weight is 358 g/mol. The van der Waals surface area contributed by atoms with Crippen molar-refractivity contribution in [3.05, 3.63) is 64.1 Å². The number of nitrogens with zero attached hydrogens (tertiary/aromatic N) is 1. The predicted octanol–water partition coefficient (Wildman–Crippen LogP) is 3.47. The van der Waals surface area contributed by atoms with Gasteiger partial charge in [-0.1, -0.05) is 40.2 Å². The van der Waals surface area contributed by atoms with Crippen molar-refractivity contribution in [1.82, 2.24) is 0 Å². The van der Waals surface area contributed by atoms with Crippen LogP contribution in [0.3, 0.4) is 0 Å². The van der Waals surface area contributed by atoms with Gasteiger partial charge in [0.2, 0.25) is 17.4 Å². The zero-order valence-corrected chi connectivity index (χ0v) is 13.3. The third-order valence-electron chi connectivity index (χ3n) is 4.13. The second-order valence-corrected chi connectivity index (χ2v) is 6.36. The van der Waals surface area contributed by atoms with Gasteiger partial charge in [-0.2, -0.15) is 0 Å². The van der Waals surface area contributed by atoms with Crippen LogP contribution in [0.4, 0.5) is 5.69 Å². The predicted molar refractivity (Wildman–Crippen MR) is 84.6 cm³/mol. The second-order valence-electron chi connectivity index (χ2n) is 5.45. The van der Waals surface area contributed by atoms with Crippen molar-refractivity contribution in [3.8, 4) is 0 Å². The number of rotatable bonds is 1. The zero-order chi connectivity index (χ0) is 15.5. The summed E-state index contributed by atoms with van der Waals surface area (Å²) in [5.41, 5.74) is 0.844. The molecule has 22 heavy (non-hydrogen) atoms. The highest BCUT2D eigenvalue weighted by Gasteiger charge is 2.72. The highest BCUT2D eigenvalue weighted by Crippen LogP contribution is 2.59. The number of ketones is 1. The summed E-state index contributed by atoms with van der Waals surface area (Å²) in [6.07, 6.45) is -0.426. The summed E-state index contributed by atoms with van der Waals surface area (Å²) in [5.74, 6) is -0.343. The van der Waals surface area contributed by atoms with Gasteiger partial charge in [0.15, 0.2) is 0 Å². The molecule has 2 atom stereocenters. The molecule has 1 amide bonds. The van der Waals surface area contributed by atoms with Gasteiger partial charge in [-0.05, 0) is 29.8 Å². The van der Waals surface area contributed by atoms with Gasteiger partial charge < -0.3 is 4.74 Å². The van der Waals surface area contributed by atoms with Crippen LogP contribution in [0.5, 0.6) is 0 Å². The Bertz CT molecular complexity index is 802. The second kappa shape index (κ2) is 4.51. The maximum atomic E-state index is 12.8. The Hall–Kier alpha value is -1.98. The van der Waals surface area contributed by atoms with E-state index in [0.29, 0.717) is 11.3 Å². The van der Waals surface area contributed by atoms with Crippen molar-refractivity contribution in [2.75, 3.05) is 4.90 Å². The lowest BCUT2D eigenvalue weighted by molar-refractivity contribution is -0.117. The zero-order valence-electron chi connectivity index (χ0n) is 11.7. The molecule has 2 aromatic rings. The molecule has 4 nitrogen and oxygen atoms in total. The van der Waals surface area contributed by atoms with E-state index < -0.39 is 11.8 Å². The van der Waals surface area contributed by atoms with Crippen LogP contribution in [0.1, 0.15) is 28.9 Å². The number of carbonyl (C=O) groups excluding carboxylic acids is 2. The topological polar surface area (TPSA) is 49.9 Å². The maximum Gasteiger partial charge on any atom is 0.244 e. The Kier molecular flexibility index (Phi) is 2.80. The van der Waals surface area contributed by atoms with E-state index in [1.54, 1.807) is 18.2 Å². The minimum Gasteiger partial charge on any atom is -0.332 e. The van der Waals surface area contributed by atoms with E-state index in [-0.39, 0.29) is 11.7 Å². The number of para-hydroxylation sites is 1. The van der Waals surface area contributed by atoms with Crippen molar-refractivity contribution in [3.63, 3.8) is 0 Å². The van der Waals surface area contributed by atoms with Gasteiger partial charge in [0.05, 0.1) is 5.69 Å². The van der Waals surface area contributed by atoms with Crippen molar-refractivity contribution >= 4 is 33.3 Å². The third kappa shape index (κ3) is 1.66. The van der Waals surface area contributed by atoms with E-state index in [0.717, 1.165) is 10.0 Å². The highest BCUT2D eigenvalue weighted by atomic mass is 79.9. The van der Waals surface area contributed by atoms with Gasteiger partial charge in [0, 0.05) is 17.0 Å². The van der Waals surface area contributed by atoms with E-state index >= 15 is 0 Å². The molecule has 0 aliphatic carbocycles. The molecule has 0 saturated carbocycles. The first-order valence-corrected chi connectivity index (χ1v) is 7.73. The average Bonchev–Trinajstić information content (AvgIpc) is 3.17. The number of ether oxygens (including phenoxy) is 1. The minimum atomic E-state index is -1.21. The molecule has 4 rings (SSSR count). The van der Waals surface area contributed by atoms with Gasteiger partial charge in [0.25, 0.3) is 0 Å². The maximum absolute atomic E-state index is 12.8. The molecule has 2 aliphatic heterocycles. The molecule has 0 aromatic heterocycles. The molecule has 2 aromatic carbocycles. The summed E-state index contributed by atoms with van der Waals surface area (Å²) < 4.78 is 6.75. The fraction of sp³-hybridized carbons (Fsp3) is 0.176. The number of hydrogen-bond donors (Lipinski definition) is 0. The molecule has 2 heterocycles. The SMILES string of the molecule is CC(=O)N1c2ccccc2C(=O)[C@@]12O[C@H]2c1ccc(Br)cc1. The molecule has 1 saturated heterocycles. The summed E-state index contributed by atoms with van der Waals surface area (Å²) in [6.45, 7) is 1.46. The first-order valence-electron chi connectivity index (χ1n) is 6.93. The van der Waals surface area contributed by atoms with Gasteiger partial charge in [-0.15, -0.1) is 0 Å². The van der Waals surface area contributed by atoms with E-state index in [1.165, 1.54) is 11.8 Å². The number of anilines is 1. The fourth-order valence-electron chi connectivity index (χ4n) is 3.16. The molecule has 0 unspecified atom stereocenters. The van der Waals surface area contributed by atoms with Crippen LogP contribution in [0.25, 0.3) is 0 Å². The summed E-state index contributed by atoms with van der Waals surface area (Å²) in [6, 6.07) is 14.7. The molecule has 0 bridgehead atoms. The normalized spacial score (nSPS) is 25.5. The van der Waals surface area contributed by atoms with Crippen molar-refractivity contribution < 1.29 is 14.3 Å². The van der Waals surface area contributed by atoms with E-state index in [1.807, 2.05) is 30.3 Å². The lowest BCUT2D eigenvalue weighted by Crippen LogP contribution is -2.43. The number of hydrogen-bond acceptors (Lipinski definition) is 3. The highest BCUT2D eigenvalue weighted by molar-refractivity contribution is 9.10. The van der Waals surface area contributed by atoms with Crippen LogP contribution in [-0.4, -0.2) is 17.4 Å². The quantitative estimate of drug-likeness (QED) is 0.734. The lowest BCUT2D eigenvalue weighted by atomic mass is 10.0. The summed E-state index contributed by atoms with van der Waals surface area (Å²) in [4.78, 5) is 26.4. The smallest absolute Gasteiger partial charge is 0.244 e. The molecule has 0 radical (unpaired) electrons. The van der Waals surface area contributed by atoms with E-state index in [9.17, 15) is 9.59 Å². The Morgan fingerprint density at radius 2 is 1.86 bits per heavy atom. The number of fused-ring (bicyclic) bond motifs is 1. The standard InChI is InChI=1S/C17H12BrNO3/c1-10(20)19-14-5-3-2-4-13(14)15(21)17(19)16(22-17)11-6-8-12(18)9-7-11/h2-9,16H,1H3/t16-,17-/m0/s1. The van der Waals surface area contributed by atoms with Crippen LogP contribution >= 0.6 is 15.9 Å². The molecule has 0 N–H and O–H groups in total. The van der Waals surface area contributed by atoms with Gasteiger partial charge >= 0.3 is 0 Å². The van der Waals surface area contributed by atoms with E-state index in [2.05, 4.69) is 15.9 Å². The third-order valence-corrected chi connectivity index (χ3v) is 4.66.